The topological polar surface area (TPSA) is 80.2 Å². The summed E-state index contributed by atoms with van der Waals surface area (Å²) in [4.78, 5) is 7.44. The van der Waals surface area contributed by atoms with Crippen molar-refractivity contribution in [2.45, 2.75) is 0 Å². The van der Waals surface area contributed by atoms with Crippen LogP contribution in [0.1, 0.15) is 0 Å². The minimum atomic E-state index is -3.67. The molecule has 0 aliphatic heterocycles. The van der Waals surface area contributed by atoms with Crippen LogP contribution in [0.4, 0.5) is 0 Å². The smallest absolute Gasteiger partial charge is 0.261 e. The van der Waals surface area contributed by atoms with Crippen LogP contribution in [0.15, 0.2) is 24.8 Å². The highest BCUT2D eigenvalue weighted by Gasteiger charge is 1.81. The minimum Gasteiger partial charge on any atom is -0.286 e. The minimum absolute atomic E-state index is 0.715. The van der Waals surface area contributed by atoms with Crippen LogP contribution >= 0.6 is 0 Å². The van der Waals surface area contributed by atoms with E-state index in [1.807, 2.05) is 0 Å². The highest BCUT2D eigenvalue weighted by Crippen LogP contribution is 1.65. The lowest BCUT2D eigenvalue weighted by molar-refractivity contribution is 0.490. The molecule has 0 aromatic carbocycles. The monoisotopic (exact) mass is 176 g/mol. The predicted molar refractivity (Wildman–Crippen MR) is 39.5 cm³/mol. The molecular weight excluding hydrogens is 168 g/mol. The van der Waals surface area contributed by atoms with Crippen molar-refractivity contribution in [3.63, 3.8) is 0 Å². The first-order valence-electron chi connectivity index (χ1n) is 2.62. The second kappa shape index (κ2) is 4.75. The average Bonchev–Trinajstić information content (AvgIpc) is 1.88. The van der Waals surface area contributed by atoms with Gasteiger partial charge in [0.05, 0.1) is 6.26 Å². The Balaban J connectivity index is 0.000000187. The Kier molecular flexibility index (Phi) is 4.32. The number of aromatic nitrogens is 2. The Morgan fingerprint density at radius 2 is 1.27 bits per heavy atom. The summed E-state index contributed by atoms with van der Waals surface area (Å²) in [5, 5.41) is 0. The van der Waals surface area contributed by atoms with Gasteiger partial charge in [0.2, 0.25) is 0 Å². The van der Waals surface area contributed by atoms with E-state index in [-0.39, 0.29) is 0 Å². The lowest BCUT2D eigenvalue weighted by Gasteiger charge is -1.70. The molecule has 1 rings (SSSR count). The normalized spacial score (nSPS) is 9.64. The summed E-state index contributed by atoms with van der Waals surface area (Å²) in [5.74, 6) is 0. The largest absolute Gasteiger partial charge is 0.286 e. The van der Waals surface area contributed by atoms with Gasteiger partial charge in [-0.25, -0.2) is 0 Å². The number of nitrogens with zero attached hydrogens (tertiary/aromatic N) is 2. The molecule has 11 heavy (non-hydrogen) atoms. The number of hydrogen-bond acceptors (Lipinski definition) is 4. The summed E-state index contributed by atoms with van der Waals surface area (Å²) in [6, 6.07) is 0. The molecule has 0 radical (unpaired) electrons. The molecule has 1 heterocycles. The molecule has 1 aromatic heterocycles. The zero-order chi connectivity index (χ0) is 8.74. The summed E-state index contributed by atoms with van der Waals surface area (Å²) >= 11 is 0. The van der Waals surface area contributed by atoms with E-state index in [2.05, 4.69) is 9.97 Å². The van der Waals surface area contributed by atoms with Crippen LogP contribution in [-0.4, -0.2) is 29.2 Å². The Hall–Kier alpha value is -1.01. The van der Waals surface area contributed by atoms with Gasteiger partial charge >= 0.3 is 0 Å². The van der Waals surface area contributed by atoms with E-state index >= 15 is 0 Å². The number of rotatable bonds is 0. The molecule has 5 nitrogen and oxygen atoms in total. The maximum atomic E-state index is 9.19. The Morgan fingerprint density at radius 1 is 1.09 bits per heavy atom. The summed E-state index contributed by atoms with van der Waals surface area (Å²) in [6.07, 6.45) is 7.27. The quantitative estimate of drug-likeness (QED) is 0.562. The highest BCUT2D eigenvalue weighted by atomic mass is 32.2. The van der Waals surface area contributed by atoms with Crippen LogP contribution in [0, 0.1) is 0 Å². The number of hydrogen-bond donors (Lipinski definition) is 1. The molecular formula is C5H8N2O3S. The van der Waals surface area contributed by atoms with Crippen molar-refractivity contribution in [1.82, 2.24) is 9.97 Å². The third kappa shape index (κ3) is 17.6. The molecule has 0 atom stereocenters. The fourth-order valence-electron chi connectivity index (χ4n) is 0.253. The van der Waals surface area contributed by atoms with E-state index < -0.39 is 10.1 Å². The van der Waals surface area contributed by atoms with Gasteiger partial charge in [0.1, 0.15) is 0 Å². The SMILES string of the molecule is CS(=O)(=O)O.c1cnccn1. The van der Waals surface area contributed by atoms with E-state index in [1.165, 1.54) is 0 Å². The first-order valence-corrected chi connectivity index (χ1v) is 4.47. The van der Waals surface area contributed by atoms with E-state index in [1.54, 1.807) is 24.8 Å². The van der Waals surface area contributed by atoms with E-state index in [0.29, 0.717) is 6.26 Å². The van der Waals surface area contributed by atoms with Crippen molar-refractivity contribution in [3.8, 4) is 0 Å². The van der Waals surface area contributed by atoms with E-state index in [4.69, 9.17) is 4.55 Å². The lowest BCUT2D eigenvalue weighted by atomic mass is 10.8. The molecule has 0 saturated carbocycles. The van der Waals surface area contributed by atoms with Crippen molar-refractivity contribution < 1.29 is 13.0 Å². The molecule has 0 unspecified atom stereocenters. The standard InChI is InChI=1S/C4H4N2.CH4O3S/c1-2-6-4-3-5-1;1-5(2,3)4/h1-4H;1H3,(H,2,3,4). The second-order valence-electron chi connectivity index (χ2n) is 1.63. The van der Waals surface area contributed by atoms with Gasteiger partial charge in [0, 0.05) is 24.8 Å². The van der Waals surface area contributed by atoms with Crippen molar-refractivity contribution in [1.29, 1.82) is 0 Å². The lowest BCUT2D eigenvalue weighted by Crippen LogP contribution is -1.88. The molecule has 1 aromatic rings. The maximum Gasteiger partial charge on any atom is 0.261 e. The van der Waals surface area contributed by atoms with Gasteiger partial charge in [-0.15, -0.1) is 0 Å². The van der Waals surface area contributed by atoms with E-state index in [0.717, 1.165) is 0 Å². The maximum absolute atomic E-state index is 9.19. The predicted octanol–water partition coefficient (Wildman–Crippen LogP) is -0.0194. The average molecular weight is 176 g/mol. The van der Waals surface area contributed by atoms with Crippen molar-refractivity contribution in [2.75, 3.05) is 6.26 Å². The molecule has 0 spiro atoms. The van der Waals surface area contributed by atoms with Gasteiger partial charge in [-0.1, -0.05) is 0 Å². The van der Waals surface area contributed by atoms with Crippen LogP contribution in [0.25, 0.3) is 0 Å². The van der Waals surface area contributed by atoms with Crippen molar-refractivity contribution >= 4 is 10.1 Å². The first kappa shape index (κ1) is 9.99. The molecule has 0 saturated heterocycles. The fraction of sp³-hybridized carbons (Fsp3) is 0.200. The molecule has 0 amide bonds. The van der Waals surface area contributed by atoms with Gasteiger partial charge in [0.15, 0.2) is 0 Å². The Bertz CT molecular complexity index is 236. The summed E-state index contributed by atoms with van der Waals surface area (Å²) in [6.45, 7) is 0. The third-order valence-corrected chi connectivity index (χ3v) is 0.478. The van der Waals surface area contributed by atoms with Crippen molar-refractivity contribution in [2.24, 2.45) is 0 Å². The summed E-state index contributed by atoms with van der Waals surface area (Å²) in [5.41, 5.74) is 0. The van der Waals surface area contributed by atoms with Crippen molar-refractivity contribution in [3.05, 3.63) is 24.8 Å². The van der Waals surface area contributed by atoms with Crippen LogP contribution < -0.4 is 0 Å². The van der Waals surface area contributed by atoms with Gasteiger partial charge in [-0.3, -0.25) is 14.5 Å². The molecule has 1 N–H and O–H groups in total. The second-order valence-corrected chi connectivity index (χ2v) is 3.09. The zero-order valence-corrected chi connectivity index (χ0v) is 6.69. The van der Waals surface area contributed by atoms with Crippen LogP contribution in [0.5, 0.6) is 0 Å². The molecule has 62 valence electrons. The van der Waals surface area contributed by atoms with E-state index in [9.17, 15) is 8.42 Å². The molecule has 0 aliphatic rings. The molecule has 0 fully saturated rings. The van der Waals surface area contributed by atoms with Gasteiger partial charge in [0.25, 0.3) is 10.1 Å². The van der Waals surface area contributed by atoms with Gasteiger partial charge in [-0.2, -0.15) is 8.42 Å². The third-order valence-electron chi connectivity index (χ3n) is 0.478. The van der Waals surface area contributed by atoms with Crippen LogP contribution in [0.2, 0.25) is 0 Å². The molecule has 0 bridgehead atoms. The molecule has 6 heteroatoms. The van der Waals surface area contributed by atoms with Crippen LogP contribution in [0.3, 0.4) is 0 Å². The first-order chi connectivity index (χ1) is 5.00. The Labute approximate surface area is 64.9 Å². The van der Waals surface area contributed by atoms with Gasteiger partial charge in [-0.05, 0) is 0 Å². The fourth-order valence-corrected chi connectivity index (χ4v) is 0.253. The highest BCUT2D eigenvalue weighted by molar-refractivity contribution is 7.85. The Morgan fingerprint density at radius 3 is 1.36 bits per heavy atom. The summed E-state index contributed by atoms with van der Waals surface area (Å²) < 4.78 is 25.9. The summed E-state index contributed by atoms with van der Waals surface area (Å²) in [7, 11) is -3.67. The van der Waals surface area contributed by atoms with Crippen LogP contribution in [-0.2, 0) is 10.1 Å². The van der Waals surface area contributed by atoms with Gasteiger partial charge < -0.3 is 0 Å². The zero-order valence-electron chi connectivity index (χ0n) is 5.88. The molecule has 0 aliphatic carbocycles.